The Morgan fingerprint density at radius 3 is 2.76 bits per heavy atom. The van der Waals surface area contributed by atoms with Crippen molar-refractivity contribution in [2.45, 2.75) is 29.8 Å². The van der Waals surface area contributed by atoms with Crippen molar-refractivity contribution in [1.82, 2.24) is 4.31 Å². The third kappa shape index (κ3) is 3.10. The minimum atomic E-state index is -0.313. The Bertz CT molecular complexity index is 606. The van der Waals surface area contributed by atoms with Gasteiger partial charge in [-0.2, -0.15) is 5.26 Å². The Hall–Kier alpha value is -1.42. The molecule has 0 radical (unpaired) electrons. The smallest absolute Gasteiger partial charge is 0.161 e. The fourth-order valence-electron chi connectivity index (χ4n) is 2.78. The van der Waals surface area contributed by atoms with E-state index < -0.39 is 0 Å². The normalized spacial score (nSPS) is 21.6. The molecule has 21 heavy (non-hydrogen) atoms. The highest BCUT2D eigenvalue weighted by molar-refractivity contribution is 7.97. The summed E-state index contributed by atoms with van der Waals surface area (Å²) < 4.78 is 21.5. The highest BCUT2D eigenvalue weighted by Crippen LogP contribution is 2.38. The van der Waals surface area contributed by atoms with Crippen LogP contribution in [0.4, 0.5) is 4.39 Å². The number of ketones is 1. The number of carbonyl (C=O) groups excluding carboxylic acids is 1. The van der Waals surface area contributed by atoms with Crippen LogP contribution in [0, 0.1) is 17.1 Å². The lowest BCUT2D eigenvalue weighted by atomic mass is 9.89. The van der Waals surface area contributed by atoms with E-state index in [0.717, 1.165) is 25.9 Å². The number of ether oxygens (including phenoxy) is 1. The first-order valence-electron chi connectivity index (χ1n) is 6.88. The van der Waals surface area contributed by atoms with Gasteiger partial charge < -0.3 is 4.74 Å². The van der Waals surface area contributed by atoms with Crippen LogP contribution in [0.5, 0.6) is 0 Å². The fourth-order valence-corrected chi connectivity index (χ4v) is 3.76. The van der Waals surface area contributed by atoms with E-state index in [-0.39, 0.29) is 23.8 Å². The topological polar surface area (TPSA) is 53.3 Å². The van der Waals surface area contributed by atoms with E-state index in [4.69, 9.17) is 10.00 Å². The molecule has 4 nitrogen and oxygen atoms in total. The van der Waals surface area contributed by atoms with Crippen LogP contribution in [-0.2, 0) is 9.53 Å². The van der Waals surface area contributed by atoms with Gasteiger partial charge in [-0.15, -0.1) is 0 Å². The highest BCUT2D eigenvalue weighted by atomic mass is 32.2. The van der Waals surface area contributed by atoms with Gasteiger partial charge in [-0.3, -0.25) is 4.79 Å². The predicted molar refractivity (Wildman–Crippen MR) is 76.1 cm³/mol. The molecule has 1 aromatic rings. The van der Waals surface area contributed by atoms with Gasteiger partial charge in [0.2, 0.25) is 0 Å². The first-order chi connectivity index (χ1) is 10.1. The zero-order valence-corrected chi connectivity index (χ0v) is 12.3. The second kappa shape index (κ2) is 5.76. The number of carbonyl (C=O) groups is 1. The molecule has 110 valence electrons. The molecule has 0 amide bonds. The van der Waals surface area contributed by atoms with Crippen LogP contribution in [0.3, 0.4) is 0 Å². The molecule has 1 aromatic carbocycles. The van der Waals surface area contributed by atoms with Crippen molar-refractivity contribution in [3.8, 4) is 6.07 Å². The molecule has 2 fully saturated rings. The summed E-state index contributed by atoms with van der Waals surface area (Å²) in [5.74, 6) is -0.143. The van der Waals surface area contributed by atoms with Crippen molar-refractivity contribution >= 4 is 17.7 Å². The molecule has 0 saturated carbocycles. The molecule has 2 saturated heterocycles. The molecule has 0 aliphatic carbocycles. The van der Waals surface area contributed by atoms with E-state index >= 15 is 0 Å². The number of Topliss-reactive ketones (excluding diaryl/α,β-unsaturated/α-hetero) is 1. The summed E-state index contributed by atoms with van der Waals surface area (Å²) in [5, 5.41) is 8.88. The molecule has 0 N–H and O–H groups in total. The Morgan fingerprint density at radius 1 is 1.38 bits per heavy atom. The molecule has 2 aliphatic heterocycles. The fraction of sp³-hybridized carbons (Fsp3) is 0.467. The average Bonchev–Trinajstić information content (AvgIpc) is 2.85. The lowest BCUT2D eigenvalue weighted by Crippen LogP contribution is -2.41. The van der Waals surface area contributed by atoms with E-state index in [9.17, 15) is 9.18 Å². The Kier molecular flexibility index (Phi) is 3.98. The van der Waals surface area contributed by atoms with Crippen LogP contribution in [0.25, 0.3) is 0 Å². The zero-order chi connectivity index (χ0) is 14.9. The Morgan fingerprint density at radius 2 is 2.14 bits per heavy atom. The zero-order valence-electron chi connectivity index (χ0n) is 11.5. The molecular weight excluding hydrogens is 291 g/mol. The average molecular weight is 306 g/mol. The van der Waals surface area contributed by atoms with Gasteiger partial charge in [0.15, 0.2) is 5.78 Å². The number of halogens is 1. The summed E-state index contributed by atoms with van der Waals surface area (Å²) in [6, 6.07) is 6.39. The van der Waals surface area contributed by atoms with Crippen molar-refractivity contribution in [1.29, 1.82) is 5.26 Å². The SMILES string of the molecule is N#Cc1ccc(F)c(SN2CCC3(CC2)CC(=O)CO3)c1. The highest BCUT2D eigenvalue weighted by Gasteiger charge is 2.42. The van der Waals surface area contributed by atoms with Crippen molar-refractivity contribution in [3.05, 3.63) is 29.6 Å². The molecule has 3 rings (SSSR count). The molecule has 0 aromatic heterocycles. The number of nitriles is 1. The largest absolute Gasteiger partial charge is 0.367 e. The quantitative estimate of drug-likeness (QED) is 0.786. The number of hydrogen-bond acceptors (Lipinski definition) is 5. The minimum Gasteiger partial charge on any atom is -0.367 e. The van der Waals surface area contributed by atoms with Gasteiger partial charge in [-0.05, 0) is 43.0 Å². The number of rotatable bonds is 2. The summed E-state index contributed by atoms with van der Waals surface area (Å²) in [7, 11) is 0. The van der Waals surface area contributed by atoms with Crippen molar-refractivity contribution in [2.75, 3.05) is 19.7 Å². The first kappa shape index (κ1) is 14.5. The molecule has 0 atom stereocenters. The van der Waals surface area contributed by atoms with Crippen LogP contribution in [0.1, 0.15) is 24.8 Å². The summed E-state index contributed by atoms with van der Waals surface area (Å²) in [6.07, 6.45) is 2.07. The first-order valence-corrected chi connectivity index (χ1v) is 7.66. The molecule has 0 bridgehead atoms. The lowest BCUT2D eigenvalue weighted by molar-refractivity contribution is -0.117. The van der Waals surface area contributed by atoms with E-state index in [2.05, 4.69) is 4.31 Å². The predicted octanol–water partition coefficient (Wildman–Crippen LogP) is 2.53. The third-order valence-electron chi connectivity index (χ3n) is 3.98. The number of benzene rings is 1. The Balaban J connectivity index is 1.63. The van der Waals surface area contributed by atoms with Crippen LogP contribution < -0.4 is 0 Å². The van der Waals surface area contributed by atoms with E-state index in [1.807, 2.05) is 6.07 Å². The van der Waals surface area contributed by atoms with Gasteiger partial charge in [-0.1, -0.05) is 0 Å². The summed E-state index contributed by atoms with van der Waals surface area (Å²) in [5.41, 5.74) is 0.165. The molecule has 0 unspecified atom stereocenters. The third-order valence-corrected chi connectivity index (χ3v) is 5.11. The van der Waals surface area contributed by atoms with Gasteiger partial charge in [0.25, 0.3) is 0 Å². The van der Waals surface area contributed by atoms with Crippen LogP contribution in [0.15, 0.2) is 23.1 Å². The molecule has 2 heterocycles. The molecule has 6 heteroatoms. The lowest BCUT2D eigenvalue weighted by Gasteiger charge is -2.37. The van der Waals surface area contributed by atoms with Crippen molar-refractivity contribution in [2.24, 2.45) is 0 Å². The monoisotopic (exact) mass is 306 g/mol. The molecule has 2 aliphatic rings. The maximum Gasteiger partial charge on any atom is 0.161 e. The van der Waals surface area contributed by atoms with E-state index in [1.165, 1.54) is 24.1 Å². The maximum absolute atomic E-state index is 13.8. The van der Waals surface area contributed by atoms with Crippen molar-refractivity contribution in [3.63, 3.8) is 0 Å². The van der Waals surface area contributed by atoms with Crippen molar-refractivity contribution < 1.29 is 13.9 Å². The minimum absolute atomic E-state index is 0.170. The second-order valence-corrected chi connectivity index (χ2v) is 6.60. The van der Waals surface area contributed by atoms with E-state index in [1.54, 1.807) is 6.07 Å². The van der Waals surface area contributed by atoms with E-state index in [0.29, 0.717) is 16.9 Å². The second-order valence-electron chi connectivity index (χ2n) is 5.46. The molecule has 1 spiro atoms. The van der Waals surface area contributed by atoms with Gasteiger partial charge in [0.05, 0.1) is 22.1 Å². The van der Waals surface area contributed by atoms with Crippen LogP contribution in [-0.4, -0.2) is 35.4 Å². The number of piperidine rings is 1. The van der Waals surface area contributed by atoms with Crippen LogP contribution in [0.2, 0.25) is 0 Å². The summed E-state index contributed by atoms with van der Waals surface area (Å²) >= 11 is 1.33. The number of nitrogens with zero attached hydrogens (tertiary/aromatic N) is 2. The maximum atomic E-state index is 13.8. The summed E-state index contributed by atoms with van der Waals surface area (Å²) in [6.45, 7) is 1.72. The van der Waals surface area contributed by atoms with Crippen LogP contribution >= 0.6 is 11.9 Å². The number of hydrogen-bond donors (Lipinski definition) is 0. The Labute approximate surface area is 127 Å². The standard InChI is InChI=1S/C15H15FN2O2S/c16-13-2-1-11(9-17)7-14(13)21-18-5-3-15(4-6-18)8-12(19)10-20-15/h1-2,7H,3-6,8,10H2. The van der Waals surface area contributed by atoms with Gasteiger partial charge >= 0.3 is 0 Å². The van der Waals surface area contributed by atoms with Gasteiger partial charge in [-0.25, -0.2) is 8.70 Å². The van der Waals surface area contributed by atoms with Gasteiger partial charge in [0, 0.05) is 19.5 Å². The van der Waals surface area contributed by atoms with Gasteiger partial charge in [0.1, 0.15) is 12.4 Å². The summed E-state index contributed by atoms with van der Waals surface area (Å²) in [4.78, 5) is 11.8. The molecular formula is C15H15FN2O2S.